The van der Waals surface area contributed by atoms with Crippen LogP contribution in [-0.2, 0) is 17.5 Å². The van der Waals surface area contributed by atoms with Crippen LogP contribution in [0.4, 0.5) is 22.0 Å². The molecular formula is C28H39F5N6O2. The van der Waals surface area contributed by atoms with E-state index in [0.717, 1.165) is 42.8 Å². The number of halogens is 5. The SMILES string of the molecule is C[C@H]1CN(Cc2cc(C(F)(F)F)c3cn(C4CCCC(C5(CC6NNCN6C)COC5)C4)c(=O)n3c2)CCC1(F)F. The van der Waals surface area contributed by atoms with Crippen molar-refractivity contribution in [1.29, 1.82) is 0 Å². The molecule has 1 aliphatic carbocycles. The lowest BCUT2D eigenvalue weighted by atomic mass is 9.64. The first-order valence-corrected chi connectivity index (χ1v) is 14.6. The van der Waals surface area contributed by atoms with Crippen molar-refractivity contribution in [2.45, 2.75) is 76.3 Å². The molecule has 3 aliphatic heterocycles. The molecule has 3 unspecified atom stereocenters. The number of nitrogens with one attached hydrogen (secondary N) is 2. The monoisotopic (exact) mass is 586 g/mol. The van der Waals surface area contributed by atoms with Gasteiger partial charge in [0.25, 0.3) is 5.92 Å². The van der Waals surface area contributed by atoms with Crippen molar-refractivity contribution in [1.82, 2.24) is 29.6 Å². The molecule has 4 fully saturated rings. The molecule has 8 nitrogen and oxygen atoms in total. The molecule has 228 valence electrons. The minimum Gasteiger partial charge on any atom is -0.380 e. The van der Waals surface area contributed by atoms with Crippen LogP contribution in [0.3, 0.4) is 0 Å². The summed E-state index contributed by atoms with van der Waals surface area (Å²) in [6.07, 6.45) is 2.19. The Balaban J connectivity index is 1.27. The van der Waals surface area contributed by atoms with Crippen molar-refractivity contribution >= 4 is 5.52 Å². The van der Waals surface area contributed by atoms with E-state index in [1.54, 1.807) is 4.90 Å². The van der Waals surface area contributed by atoms with Crippen LogP contribution < -0.4 is 16.5 Å². The van der Waals surface area contributed by atoms with Gasteiger partial charge in [-0.05, 0) is 50.3 Å². The molecule has 13 heteroatoms. The summed E-state index contributed by atoms with van der Waals surface area (Å²) in [4.78, 5) is 17.6. The van der Waals surface area contributed by atoms with Crippen molar-refractivity contribution < 1.29 is 26.7 Å². The fourth-order valence-electron chi connectivity index (χ4n) is 7.36. The van der Waals surface area contributed by atoms with Gasteiger partial charge < -0.3 is 4.74 Å². The Bertz CT molecular complexity index is 1320. The minimum absolute atomic E-state index is 0.0356. The predicted octanol–water partition coefficient (Wildman–Crippen LogP) is 4.06. The smallest absolute Gasteiger partial charge is 0.380 e. The van der Waals surface area contributed by atoms with Gasteiger partial charge in [0.15, 0.2) is 0 Å². The van der Waals surface area contributed by atoms with Gasteiger partial charge in [0.1, 0.15) is 0 Å². The number of nitrogens with zero attached hydrogens (tertiary/aromatic N) is 4. The highest BCUT2D eigenvalue weighted by Gasteiger charge is 2.49. The Kier molecular flexibility index (Phi) is 7.49. The summed E-state index contributed by atoms with van der Waals surface area (Å²) in [6.45, 7) is 3.73. The van der Waals surface area contributed by atoms with E-state index in [1.165, 1.54) is 23.9 Å². The molecule has 0 spiro atoms. The molecule has 0 amide bonds. The van der Waals surface area contributed by atoms with Crippen LogP contribution in [0.2, 0.25) is 0 Å². The predicted molar refractivity (Wildman–Crippen MR) is 142 cm³/mol. The third-order valence-corrected chi connectivity index (χ3v) is 9.99. The molecule has 0 aromatic carbocycles. The Morgan fingerprint density at radius 1 is 1.17 bits per heavy atom. The van der Waals surface area contributed by atoms with Gasteiger partial charge in [-0.3, -0.25) is 18.8 Å². The number of fused-ring (bicyclic) bond motifs is 1. The number of piperidine rings is 1. The van der Waals surface area contributed by atoms with E-state index in [1.807, 2.05) is 0 Å². The maximum Gasteiger partial charge on any atom is 0.418 e. The van der Waals surface area contributed by atoms with Gasteiger partial charge in [-0.25, -0.2) is 24.4 Å². The molecule has 0 bridgehead atoms. The Morgan fingerprint density at radius 2 is 1.95 bits per heavy atom. The average Bonchev–Trinajstić information content (AvgIpc) is 3.45. The number of ether oxygens (including phenoxy) is 1. The molecule has 2 aromatic heterocycles. The lowest BCUT2D eigenvalue weighted by Gasteiger charge is -2.51. The quantitative estimate of drug-likeness (QED) is 0.498. The van der Waals surface area contributed by atoms with Crippen molar-refractivity contribution in [3.05, 3.63) is 40.1 Å². The standard InChI is InChI=1S/C28H39F5N6O2/c1-18-11-37(7-6-27(18,29)30)12-19-8-22(28(31,32)33)23-14-38(25(40)39(23)13-19)21-5-3-4-20(9-21)26(15-41-16-26)10-24-35-34-17-36(24)2/h8,13-14,18,20-21,24,34-35H,3-7,9-12,15-17H2,1-2H3/t18-,20?,21?,24?/m0/s1. The van der Waals surface area contributed by atoms with Crippen molar-refractivity contribution in [3.8, 4) is 0 Å². The topological polar surface area (TPSA) is 66.2 Å². The minimum atomic E-state index is -4.67. The zero-order chi connectivity index (χ0) is 29.2. The van der Waals surface area contributed by atoms with E-state index in [0.29, 0.717) is 19.6 Å². The third kappa shape index (κ3) is 5.44. The van der Waals surface area contributed by atoms with Gasteiger partial charge in [0, 0.05) is 55.8 Å². The molecule has 1 saturated carbocycles. The van der Waals surface area contributed by atoms with E-state index in [9.17, 15) is 26.7 Å². The first-order chi connectivity index (χ1) is 19.4. The number of rotatable bonds is 6. The number of pyridine rings is 1. The largest absolute Gasteiger partial charge is 0.418 e. The summed E-state index contributed by atoms with van der Waals surface area (Å²) < 4.78 is 79.0. The number of alkyl halides is 5. The number of hydrogen-bond acceptors (Lipinski definition) is 6. The van der Waals surface area contributed by atoms with Crippen LogP contribution in [0.5, 0.6) is 0 Å². The molecule has 41 heavy (non-hydrogen) atoms. The number of hydrogen-bond donors (Lipinski definition) is 2. The fraction of sp³-hybridized carbons (Fsp3) is 0.750. The molecule has 4 atom stereocenters. The highest BCUT2D eigenvalue weighted by molar-refractivity contribution is 5.56. The third-order valence-electron chi connectivity index (χ3n) is 9.99. The van der Waals surface area contributed by atoms with E-state index in [-0.39, 0.29) is 60.7 Å². The zero-order valence-corrected chi connectivity index (χ0v) is 23.5. The van der Waals surface area contributed by atoms with Gasteiger partial charge in [0.05, 0.1) is 37.1 Å². The summed E-state index contributed by atoms with van der Waals surface area (Å²) in [6, 6.07) is 0.862. The molecule has 0 radical (unpaired) electrons. The maximum absolute atomic E-state index is 14.3. The van der Waals surface area contributed by atoms with Crippen LogP contribution in [0.1, 0.15) is 62.6 Å². The van der Waals surface area contributed by atoms with Crippen LogP contribution in [-0.4, -0.2) is 70.9 Å². The lowest BCUT2D eigenvalue weighted by molar-refractivity contribution is -0.167. The molecule has 2 aromatic rings. The van der Waals surface area contributed by atoms with Crippen LogP contribution in [0.25, 0.3) is 5.52 Å². The second-order valence-electron chi connectivity index (χ2n) is 12.8. The number of hydrazine groups is 1. The van der Waals surface area contributed by atoms with Crippen molar-refractivity contribution in [2.24, 2.45) is 17.3 Å². The van der Waals surface area contributed by atoms with Crippen LogP contribution >= 0.6 is 0 Å². The number of aromatic nitrogens is 2. The maximum atomic E-state index is 14.3. The summed E-state index contributed by atoms with van der Waals surface area (Å²) in [7, 11) is 2.05. The first-order valence-electron chi connectivity index (χ1n) is 14.6. The molecule has 2 N–H and O–H groups in total. The van der Waals surface area contributed by atoms with E-state index in [2.05, 4.69) is 22.8 Å². The second-order valence-corrected chi connectivity index (χ2v) is 12.8. The van der Waals surface area contributed by atoms with Crippen LogP contribution in [0, 0.1) is 17.3 Å². The van der Waals surface area contributed by atoms with Gasteiger partial charge in [0.2, 0.25) is 0 Å². The van der Waals surface area contributed by atoms with Gasteiger partial charge >= 0.3 is 11.9 Å². The van der Waals surface area contributed by atoms with Gasteiger partial charge in [-0.15, -0.1) is 0 Å². The van der Waals surface area contributed by atoms with Gasteiger partial charge in [-0.2, -0.15) is 13.2 Å². The molecule has 5 heterocycles. The summed E-state index contributed by atoms with van der Waals surface area (Å²) in [5, 5.41) is 0. The Labute approximate surface area is 235 Å². The molecule has 6 rings (SSSR count). The summed E-state index contributed by atoms with van der Waals surface area (Å²) >= 11 is 0. The van der Waals surface area contributed by atoms with Crippen LogP contribution in [0.15, 0.2) is 23.3 Å². The van der Waals surface area contributed by atoms with E-state index in [4.69, 9.17) is 4.74 Å². The highest BCUT2D eigenvalue weighted by Crippen LogP contribution is 2.49. The first kappa shape index (κ1) is 29.0. The highest BCUT2D eigenvalue weighted by atomic mass is 19.4. The van der Waals surface area contributed by atoms with E-state index >= 15 is 0 Å². The fourth-order valence-corrected chi connectivity index (χ4v) is 7.36. The molecule has 4 aliphatic rings. The molecule has 3 saturated heterocycles. The van der Waals surface area contributed by atoms with Gasteiger partial charge in [-0.1, -0.05) is 13.3 Å². The lowest BCUT2D eigenvalue weighted by Crippen LogP contribution is -2.54. The average molecular weight is 587 g/mol. The Morgan fingerprint density at radius 3 is 2.59 bits per heavy atom. The summed E-state index contributed by atoms with van der Waals surface area (Å²) in [5.74, 6) is -3.39. The second kappa shape index (κ2) is 10.6. The van der Waals surface area contributed by atoms with E-state index < -0.39 is 29.3 Å². The zero-order valence-electron chi connectivity index (χ0n) is 23.5. The Hall–Kier alpha value is -2.06. The normalized spacial score (nSPS) is 31.0. The summed E-state index contributed by atoms with van der Waals surface area (Å²) in [5.41, 5.74) is 5.20. The number of likely N-dealkylation sites (tertiary alicyclic amines) is 1. The molecular weight excluding hydrogens is 547 g/mol. The van der Waals surface area contributed by atoms with Crippen molar-refractivity contribution in [2.75, 3.05) is 40.0 Å². The van der Waals surface area contributed by atoms with Crippen molar-refractivity contribution in [3.63, 3.8) is 0 Å². The number of imidazole rings is 1.